The molecule has 1 N–H and O–H groups in total. The van der Waals surface area contributed by atoms with E-state index in [1.165, 1.54) is 36.4 Å². The Morgan fingerprint density at radius 1 is 1.04 bits per heavy atom. The number of hydrogen-bond donors (Lipinski definition) is 1. The van der Waals surface area contributed by atoms with E-state index in [9.17, 15) is 26.4 Å². The Labute approximate surface area is 143 Å². The van der Waals surface area contributed by atoms with Crippen molar-refractivity contribution < 1.29 is 26.4 Å². The number of benzene rings is 2. The van der Waals surface area contributed by atoms with E-state index in [4.69, 9.17) is 0 Å². The largest absolute Gasteiger partial charge is 0.406 e. The van der Waals surface area contributed by atoms with Gasteiger partial charge < -0.3 is 4.90 Å². The molecule has 0 aliphatic rings. The molecule has 0 aromatic heterocycles. The van der Waals surface area contributed by atoms with Crippen LogP contribution < -0.4 is 4.72 Å². The highest BCUT2D eigenvalue weighted by atomic mass is 32.2. The van der Waals surface area contributed by atoms with Crippen LogP contribution in [0, 0.1) is 0 Å². The Hall–Kier alpha value is -2.55. The van der Waals surface area contributed by atoms with Gasteiger partial charge in [0.1, 0.15) is 6.54 Å². The lowest BCUT2D eigenvalue weighted by Crippen LogP contribution is -2.35. The van der Waals surface area contributed by atoms with Crippen LogP contribution in [0.25, 0.3) is 0 Å². The third-order valence-corrected chi connectivity index (χ3v) is 4.60. The van der Waals surface area contributed by atoms with Gasteiger partial charge in [0.2, 0.25) is 0 Å². The van der Waals surface area contributed by atoms with E-state index in [0.717, 1.165) is 7.05 Å². The second-order valence-electron chi connectivity index (χ2n) is 5.27. The van der Waals surface area contributed by atoms with Gasteiger partial charge in [0.15, 0.2) is 0 Å². The average Bonchev–Trinajstić information content (AvgIpc) is 2.54. The van der Waals surface area contributed by atoms with Crippen LogP contribution in [0.1, 0.15) is 10.4 Å². The van der Waals surface area contributed by atoms with Crippen LogP contribution in [0.2, 0.25) is 0 Å². The molecule has 0 bridgehead atoms. The molecule has 0 saturated heterocycles. The fourth-order valence-corrected chi connectivity index (χ4v) is 3.14. The number of carbonyl (C=O) groups excluding carboxylic acids is 1. The average molecular weight is 372 g/mol. The van der Waals surface area contributed by atoms with Crippen LogP contribution in [0.3, 0.4) is 0 Å². The first-order chi connectivity index (χ1) is 11.6. The molecule has 1 amide bonds. The summed E-state index contributed by atoms with van der Waals surface area (Å²) in [7, 11) is -2.74. The van der Waals surface area contributed by atoms with Crippen LogP contribution in [0.15, 0.2) is 59.5 Å². The summed E-state index contributed by atoms with van der Waals surface area (Å²) in [6, 6.07) is 12.8. The maximum Gasteiger partial charge on any atom is 0.406 e. The van der Waals surface area contributed by atoms with E-state index >= 15 is 0 Å². The lowest BCUT2D eigenvalue weighted by Gasteiger charge is -2.19. The summed E-state index contributed by atoms with van der Waals surface area (Å²) in [6.45, 7) is -1.37. The van der Waals surface area contributed by atoms with Gasteiger partial charge in [-0.15, -0.1) is 0 Å². The molecule has 5 nitrogen and oxygen atoms in total. The van der Waals surface area contributed by atoms with Crippen molar-refractivity contribution >= 4 is 21.6 Å². The Balaban J connectivity index is 2.11. The topological polar surface area (TPSA) is 66.5 Å². The zero-order valence-electron chi connectivity index (χ0n) is 13.1. The molecule has 0 aliphatic heterocycles. The number of nitrogens with zero attached hydrogens (tertiary/aromatic N) is 1. The molecular weight excluding hydrogens is 357 g/mol. The van der Waals surface area contributed by atoms with Gasteiger partial charge >= 0.3 is 6.18 Å². The SMILES string of the molecule is CN(CC(F)(F)F)C(=O)c1ccc(NS(=O)(=O)c2ccccc2)cc1. The van der Waals surface area contributed by atoms with Crippen molar-refractivity contribution in [2.24, 2.45) is 0 Å². The van der Waals surface area contributed by atoms with E-state index < -0.39 is 28.7 Å². The number of carbonyl (C=O) groups is 1. The van der Waals surface area contributed by atoms with Crippen molar-refractivity contribution in [1.82, 2.24) is 4.90 Å². The standard InChI is InChI=1S/C16H15F3N2O3S/c1-21(11-16(17,18)19)15(22)12-7-9-13(10-8-12)20-25(23,24)14-5-3-2-4-6-14/h2-10,20H,11H2,1H3. The molecule has 2 aromatic rings. The Bertz CT molecular complexity index is 835. The number of anilines is 1. The van der Waals surface area contributed by atoms with Gasteiger partial charge in [-0.2, -0.15) is 13.2 Å². The minimum atomic E-state index is -4.49. The number of amides is 1. The molecule has 2 rings (SSSR count). The first-order valence-electron chi connectivity index (χ1n) is 7.09. The lowest BCUT2D eigenvalue weighted by atomic mass is 10.2. The maximum atomic E-state index is 12.3. The molecule has 0 radical (unpaired) electrons. The Morgan fingerprint density at radius 3 is 2.12 bits per heavy atom. The molecule has 0 aliphatic carbocycles. The normalized spacial score (nSPS) is 11.8. The van der Waals surface area contributed by atoms with Gasteiger partial charge in [-0.25, -0.2) is 8.42 Å². The predicted octanol–water partition coefficient (Wildman–Crippen LogP) is 3.12. The quantitative estimate of drug-likeness (QED) is 0.877. The number of nitrogens with one attached hydrogen (secondary N) is 1. The molecule has 0 fully saturated rings. The van der Waals surface area contributed by atoms with Crippen molar-refractivity contribution in [3.05, 3.63) is 60.2 Å². The highest BCUT2D eigenvalue weighted by Gasteiger charge is 2.31. The fourth-order valence-electron chi connectivity index (χ4n) is 2.06. The smallest absolute Gasteiger partial charge is 0.333 e. The molecule has 0 saturated carbocycles. The third-order valence-electron chi connectivity index (χ3n) is 3.20. The first-order valence-corrected chi connectivity index (χ1v) is 8.57. The number of sulfonamides is 1. The van der Waals surface area contributed by atoms with Crippen molar-refractivity contribution in [3.63, 3.8) is 0 Å². The van der Waals surface area contributed by atoms with Gasteiger partial charge in [0.25, 0.3) is 15.9 Å². The predicted molar refractivity (Wildman–Crippen MR) is 86.7 cm³/mol. The third kappa shape index (κ3) is 5.21. The second kappa shape index (κ2) is 7.14. The summed E-state index contributed by atoms with van der Waals surface area (Å²) in [5.74, 6) is -0.810. The molecule has 0 spiro atoms. The number of hydrogen-bond acceptors (Lipinski definition) is 3. The summed E-state index contributed by atoms with van der Waals surface area (Å²) in [5, 5.41) is 0. The fraction of sp³-hybridized carbons (Fsp3) is 0.188. The summed E-state index contributed by atoms with van der Waals surface area (Å²) >= 11 is 0. The Kier molecular flexibility index (Phi) is 5.36. The van der Waals surface area contributed by atoms with E-state index in [0.29, 0.717) is 4.90 Å². The van der Waals surface area contributed by atoms with E-state index in [1.807, 2.05) is 0 Å². The number of rotatable bonds is 5. The zero-order chi connectivity index (χ0) is 18.7. The van der Waals surface area contributed by atoms with E-state index in [-0.39, 0.29) is 16.1 Å². The van der Waals surface area contributed by atoms with E-state index in [2.05, 4.69) is 4.72 Å². The summed E-state index contributed by atoms with van der Waals surface area (Å²) < 4.78 is 63.7. The molecule has 0 atom stereocenters. The zero-order valence-corrected chi connectivity index (χ0v) is 13.9. The van der Waals surface area contributed by atoms with Crippen LogP contribution in [0.5, 0.6) is 0 Å². The summed E-state index contributed by atoms with van der Waals surface area (Å²) in [5.41, 5.74) is 0.216. The van der Waals surface area contributed by atoms with Gasteiger partial charge in [-0.05, 0) is 36.4 Å². The van der Waals surface area contributed by atoms with Gasteiger partial charge in [0, 0.05) is 18.3 Å². The van der Waals surface area contributed by atoms with E-state index in [1.54, 1.807) is 18.2 Å². The van der Waals surface area contributed by atoms with Gasteiger partial charge in [-0.3, -0.25) is 9.52 Å². The van der Waals surface area contributed by atoms with Crippen molar-refractivity contribution in [1.29, 1.82) is 0 Å². The van der Waals surface area contributed by atoms with Crippen molar-refractivity contribution in [3.8, 4) is 0 Å². The lowest BCUT2D eigenvalue weighted by molar-refractivity contribution is -0.138. The van der Waals surface area contributed by atoms with Crippen molar-refractivity contribution in [2.45, 2.75) is 11.1 Å². The monoisotopic (exact) mass is 372 g/mol. The molecule has 0 heterocycles. The molecule has 0 unspecified atom stereocenters. The highest BCUT2D eigenvalue weighted by Crippen LogP contribution is 2.19. The molecular formula is C16H15F3N2O3S. The molecule has 25 heavy (non-hydrogen) atoms. The molecule has 2 aromatic carbocycles. The highest BCUT2D eigenvalue weighted by molar-refractivity contribution is 7.92. The maximum absolute atomic E-state index is 12.3. The summed E-state index contributed by atoms with van der Waals surface area (Å²) in [6.07, 6.45) is -4.49. The number of halogens is 3. The van der Waals surface area contributed by atoms with Crippen LogP contribution >= 0.6 is 0 Å². The minimum Gasteiger partial charge on any atom is -0.333 e. The van der Waals surface area contributed by atoms with Crippen molar-refractivity contribution in [2.75, 3.05) is 18.3 Å². The minimum absolute atomic E-state index is 0.0226. The summed E-state index contributed by atoms with van der Waals surface area (Å²) in [4.78, 5) is 12.5. The Morgan fingerprint density at radius 2 is 1.60 bits per heavy atom. The van der Waals surface area contributed by atoms with Gasteiger partial charge in [-0.1, -0.05) is 18.2 Å². The second-order valence-corrected chi connectivity index (χ2v) is 6.95. The van der Waals surface area contributed by atoms with Gasteiger partial charge in [0.05, 0.1) is 4.90 Å². The number of alkyl halides is 3. The molecule has 9 heteroatoms. The molecule has 134 valence electrons. The van der Waals surface area contributed by atoms with Crippen LogP contribution in [-0.4, -0.2) is 39.0 Å². The van der Waals surface area contributed by atoms with Crippen LogP contribution in [-0.2, 0) is 10.0 Å². The first kappa shape index (κ1) is 18.8. The van der Waals surface area contributed by atoms with Crippen LogP contribution in [0.4, 0.5) is 18.9 Å².